The van der Waals surface area contributed by atoms with Crippen LogP contribution in [-0.2, 0) is 20.9 Å². The molecule has 1 aromatic heterocycles. The average Bonchev–Trinajstić information content (AvgIpc) is 3.36. The molecule has 196 valence electrons. The summed E-state index contributed by atoms with van der Waals surface area (Å²) in [6.07, 6.45) is 0. The summed E-state index contributed by atoms with van der Waals surface area (Å²) in [6, 6.07) is 21.9. The van der Waals surface area contributed by atoms with Gasteiger partial charge in [-0.3, -0.25) is 23.7 Å². The number of thioether (sulfide) groups is 1. The number of hydrogen-bond acceptors (Lipinski definition) is 6. The van der Waals surface area contributed by atoms with E-state index in [2.05, 4.69) is 5.32 Å². The van der Waals surface area contributed by atoms with E-state index in [1.54, 1.807) is 6.07 Å². The summed E-state index contributed by atoms with van der Waals surface area (Å²) in [6.45, 7) is 1.69. The maximum Gasteiger partial charge on any atom is 0.308 e. The van der Waals surface area contributed by atoms with Gasteiger partial charge in [-0.05, 0) is 54.4 Å². The molecule has 0 saturated carbocycles. The van der Waals surface area contributed by atoms with E-state index >= 15 is 0 Å². The van der Waals surface area contributed by atoms with Crippen LogP contribution in [0.5, 0.6) is 0 Å². The molecule has 7 nitrogen and oxygen atoms in total. The number of anilines is 2. The zero-order chi connectivity index (χ0) is 27.3. The number of nitrogens with zero attached hydrogens (tertiary/aromatic N) is 2. The lowest BCUT2D eigenvalue weighted by Crippen LogP contribution is -2.33. The molecule has 6 rings (SSSR count). The molecule has 10 heteroatoms. The third-order valence-electron chi connectivity index (χ3n) is 6.90. The molecule has 0 bridgehead atoms. The molecular formula is C29H22FN3O4S2. The zero-order valence-corrected chi connectivity index (χ0v) is 22.3. The number of amides is 3. The summed E-state index contributed by atoms with van der Waals surface area (Å²) in [5, 5.41) is 2.54. The molecule has 3 atom stereocenters. The van der Waals surface area contributed by atoms with Crippen LogP contribution in [0.4, 0.5) is 15.8 Å². The van der Waals surface area contributed by atoms with Crippen molar-refractivity contribution >= 4 is 52.2 Å². The van der Waals surface area contributed by atoms with Gasteiger partial charge < -0.3 is 5.32 Å². The van der Waals surface area contributed by atoms with Crippen LogP contribution >= 0.6 is 23.1 Å². The summed E-state index contributed by atoms with van der Waals surface area (Å²) >= 11 is 2.14. The molecule has 3 amide bonds. The fourth-order valence-corrected chi connectivity index (χ4v) is 7.96. The molecule has 2 unspecified atom stereocenters. The largest absolute Gasteiger partial charge is 0.325 e. The third kappa shape index (κ3) is 4.49. The first-order valence-electron chi connectivity index (χ1n) is 12.3. The Bertz CT molecular complexity index is 1670. The Balaban J connectivity index is 1.40. The number of nitrogens with one attached hydrogen (secondary N) is 1. The maximum absolute atomic E-state index is 13.8. The summed E-state index contributed by atoms with van der Waals surface area (Å²) in [7, 11) is 0. The predicted octanol–water partition coefficient (Wildman–Crippen LogP) is 4.79. The van der Waals surface area contributed by atoms with Crippen molar-refractivity contribution in [2.24, 2.45) is 5.92 Å². The first-order chi connectivity index (χ1) is 18.8. The fraction of sp³-hybridized carbons (Fsp3) is 0.172. The van der Waals surface area contributed by atoms with Crippen molar-refractivity contribution in [2.75, 3.05) is 10.2 Å². The highest BCUT2D eigenvalue weighted by Crippen LogP contribution is 2.53. The lowest BCUT2D eigenvalue weighted by molar-refractivity contribution is -0.122. The van der Waals surface area contributed by atoms with Crippen molar-refractivity contribution in [1.29, 1.82) is 0 Å². The van der Waals surface area contributed by atoms with Crippen molar-refractivity contribution in [3.05, 3.63) is 110 Å². The lowest BCUT2D eigenvalue weighted by atomic mass is 9.83. The molecule has 0 radical (unpaired) electrons. The molecule has 0 aliphatic carbocycles. The first-order valence-corrected chi connectivity index (χ1v) is 14.0. The van der Waals surface area contributed by atoms with Crippen LogP contribution in [0.25, 0.3) is 0 Å². The van der Waals surface area contributed by atoms with Gasteiger partial charge in [0.1, 0.15) is 17.6 Å². The molecule has 3 heterocycles. The number of rotatable bonds is 5. The van der Waals surface area contributed by atoms with Gasteiger partial charge >= 0.3 is 4.87 Å². The predicted molar refractivity (Wildman–Crippen MR) is 149 cm³/mol. The number of aromatic nitrogens is 1. The Kier molecular flexibility index (Phi) is 6.44. The summed E-state index contributed by atoms with van der Waals surface area (Å²) in [5.41, 5.74) is 2.71. The number of hydrogen-bond donors (Lipinski definition) is 1. The number of halogens is 1. The van der Waals surface area contributed by atoms with Gasteiger partial charge in [0, 0.05) is 16.5 Å². The number of imide groups is 1. The highest BCUT2D eigenvalue weighted by molar-refractivity contribution is 8.00. The Labute approximate surface area is 231 Å². The monoisotopic (exact) mass is 559 g/mol. The van der Waals surface area contributed by atoms with Crippen LogP contribution in [0.1, 0.15) is 21.9 Å². The number of carbonyl (C=O) groups is 3. The normalized spacial score (nSPS) is 20.1. The second kappa shape index (κ2) is 9.94. The zero-order valence-electron chi connectivity index (χ0n) is 20.7. The van der Waals surface area contributed by atoms with Crippen LogP contribution in [0.2, 0.25) is 0 Å². The molecular weight excluding hydrogens is 537 g/mol. The van der Waals surface area contributed by atoms with Crippen LogP contribution in [-0.4, -0.2) is 27.5 Å². The Hall–Kier alpha value is -4.02. The Morgan fingerprint density at radius 1 is 0.949 bits per heavy atom. The molecule has 2 aliphatic heterocycles. The number of fused-ring (bicyclic) bond motifs is 2. The van der Waals surface area contributed by atoms with E-state index in [0.717, 1.165) is 39.1 Å². The fourth-order valence-electron chi connectivity index (χ4n) is 5.19. The van der Waals surface area contributed by atoms with Gasteiger partial charge in [-0.2, -0.15) is 0 Å². The molecule has 2 aliphatic rings. The standard InChI is InChI=1S/C29H22FN3O4S2/c1-16-6-5-9-19(14-16)31-21(34)15-32-28-25(39-29(32)37)22(17-7-3-2-4-8-17)23-24(38-28)27(36)33(26(23)35)20-12-10-18(30)11-13-20/h2-14,22-24H,15H2,1H3,(H,31,34)/t22-,23?,24?/m1/s1. The van der Waals surface area contributed by atoms with E-state index < -0.39 is 34.7 Å². The van der Waals surface area contributed by atoms with E-state index in [1.807, 2.05) is 55.5 Å². The van der Waals surface area contributed by atoms with Crippen LogP contribution in [0.3, 0.4) is 0 Å². The molecule has 4 aromatic rings. The van der Waals surface area contributed by atoms with Gasteiger partial charge in [0.15, 0.2) is 0 Å². The first kappa shape index (κ1) is 25.3. The van der Waals surface area contributed by atoms with Crippen molar-refractivity contribution in [3.63, 3.8) is 0 Å². The smallest absolute Gasteiger partial charge is 0.308 e. The van der Waals surface area contributed by atoms with Crippen LogP contribution in [0, 0.1) is 18.7 Å². The van der Waals surface area contributed by atoms with Crippen molar-refractivity contribution in [2.45, 2.75) is 29.7 Å². The van der Waals surface area contributed by atoms with Gasteiger partial charge in [0.25, 0.3) is 0 Å². The van der Waals surface area contributed by atoms with E-state index in [4.69, 9.17) is 0 Å². The van der Waals surface area contributed by atoms with Crippen molar-refractivity contribution in [1.82, 2.24) is 4.57 Å². The third-order valence-corrected chi connectivity index (χ3v) is 9.50. The molecule has 0 spiro atoms. The number of benzene rings is 3. The quantitative estimate of drug-likeness (QED) is 0.355. The number of thiazole rings is 1. The Morgan fingerprint density at radius 2 is 1.69 bits per heavy atom. The van der Waals surface area contributed by atoms with Crippen molar-refractivity contribution < 1.29 is 18.8 Å². The second-order valence-electron chi connectivity index (χ2n) is 9.48. The SMILES string of the molecule is Cc1cccc(NC(=O)Cn2c3c(sc2=O)[C@H](c2ccccc2)C2C(=O)N(c4ccc(F)cc4)C(=O)C2S3)c1. The van der Waals surface area contributed by atoms with E-state index in [9.17, 15) is 23.6 Å². The molecule has 3 aromatic carbocycles. The summed E-state index contributed by atoms with van der Waals surface area (Å²) in [4.78, 5) is 55.0. The highest BCUT2D eigenvalue weighted by atomic mass is 32.2. The summed E-state index contributed by atoms with van der Waals surface area (Å²) in [5.74, 6) is -2.97. The van der Waals surface area contributed by atoms with Gasteiger partial charge in [-0.15, -0.1) is 0 Å². The van der Waals surface area contributed by atoms with Gasteiger partial charge in [-0.25, -0.2) is 9.29 Å². The van der Waals surface area contributed by atoms with E-state index in [0.29, 0.717) is 21.3 Å². The van der Waals surface area contributed by atoms with Gasteiger partial charge in [-0.1, -0.05) is 65.6 Å². The number of aryl methyl sites for hydroxylation is 1. The van der Waals surface area contributed by atoms with E-state index in [1.165, 1.54) is 28.8 Å². The van der Waals surface area contributed by atoms with Crippen LogP contribution < -0.4 is 15.1 Å². The van der Waals surface area contributed by atoms with E-state index in [-0.39, 0.29) is 17.3 Å². The maximum atomic E-state index is 13.8. The minimum Gasteiger partial charge on any atom is -0.325 e. The topological polar surface area (TPSA) is 88.5 Å². The molecule has 39 heavy (non-hydrogen) atoms. The minimum atomic E-state index is -0.805. The van der Waals surface area contributed by atoms with Gasteiger partial charge in [0.2, 0.25) is 17.7 Å². The van der Waals surface area contributed by atoms with Gasteiger partial charge in [0.05, 0.1) is 16.6 Å². The average molecular weight is 560 g/mol. The number of carbonyl (C=O) groups excluding carboxylic acids is 3. The van der Waals surface area contributed by atoms with Crippen LogP contribution in [0.15, 0.2) is 88.7 Å². The van der Waals surface area contributed by atoms with Crippen molar-refractivity contribution in [3.8, 4) is 0 Å². The summed E-state index contributed by atoms with van der Waals surface area (Å²) < 4.78 is 15.0. The minimum absolute atomic E-state index is 0.228. The lowest BCUT2D eigenvalue weighted by Gasteiger charge is -2.30. The molecule has 1 saturated heterocycles. The molecule has 1 N–H and O–H groups in total. The second-order valence-corrected chi connectivity index (χ2v) is 11.6. The highest BCUT2D eigenvalue weighted by Gasteiger charge is 2.56. The molecule has 1 fully saturated rings. The Morgan fingerprint density at radius 3 is 2.41 bits per heavy atom.